The molecule has 0 saturated heterocycles. The molecule has 0 bridgehead atoms. The number of nitrogens with zero attached hydrogens (tertiary/aromatic N) is 4. The van der Waals surface area contributed by atoms with Crippen LogP contribution in [-0.4, -0.2) is 5.84 Å². The third-order valence-corrected chi connectivity index (χ3v) is 3.04. The smallest absolute Gasteiger partial charge is 0.276 e. The Labute approximate surface area is 148 Å². The van der Waals surface area contributed by atoms with Crippen molar-refractivity contribution < 1.29 is 26.3 Å². The van der Waals surface area contributed by atoms with E-state index < -0.39 is 29.3 Å². The molecule has 0 aliphatic carbocycles. The van der Waals surface area contributed by atoms with Crippen LogP contribution in [-0.2, 0) is 12.4 Å². The van der Waals surface area contributed by atoms with Crippen molar-refractivity contribution in [1.29, 1.82) is 5.26 Å². The summed E-state index contributed by atoms with van der Waals surface area (Å²) in [7, 11) is 0. The van der Waals surface area contributed by atoms with Crippen molar-refractivity contribution in [3.05, 3.63) is 59.7 Å². The van der Waals surface area contributed by atoms with Crippen molar-refractivity contribution in [2.24, 2.45) is 15.3 Å². The predicted molar refractivity (Wildman–Crippen MR) is 84.1 cm³/mol. The maximum Gasteiger partial charge on any atom is 0.416 e. The number of hydrogen-bond donors (Lipinski definition) is 1. The highest BCUT2D eigenvalue weighted by atomic mass is 19.4. The molecular weight excluding hydrogens is 376 g/mol. The molecule has 0 unspecified atom stereocenters. The summed E-state index contributed by atoms with van der Waals surface area (Å²) in [6.45, 7) is 0. The van der Waals surface area contributed by atoms with Crippen molar-refractivity contribution in [3.8, 4) is 6.07 Å². The van der Waals surface area contributed by atoms with Gasteiger partial charge in [-0.15, -0.1) is 15.3 Å². The van der Waals surface area contributed by atoms with Crippen molar-refractivity contribution in [1.82, 2.24) is 0 Å². The number of nitrogens with one attached hydrogen (secondary N) is 1. The molecule has 5 nitrogen and oxygen atoms in total. The van der Waals surface area contributed by atoms with Crippen molar-refractivity contribution in [3.63, 3.8) is 0 Å². The Hall–Kier alpha value is -3.42. The first kappa shape index (κ1) is 19.9. The molecule has 2 rings (SSSR count). The van der Waals surface area contributed by atoms with Crippen LogP contribution in [0.25, 0.3) is 0 Å². The van der Waals surface area contributed by atoms with Crippen molar-refractivity contribution >= 4 is 17.2 Å². The zero-order valence-electron chi connectivity index (χ0n) is 13.2. The normalized spacial score (nSPS) is 12.9. The van der Waals surface area contributed by atoms with Gasteiger partial charge in [0.2, 0.25) is 0 Å². The van der Waals surface area contributed by atoms with E-state index in [0.29, 0.717) is 0 Å². The Bertz CT molecular complexity index is 891. The molecule has 0 aliphatic heterocycles. The van der Waals surface area contributed by atoms with E-state index in [-0.39, 0.29) is 11.4 Å². The molecule has 0 aliphatic rings. The molecular formula is C16H9F6N5. The minimum atomic E-state index is -4.54. The number of azo groups is 1. The Morgan fingerprint density at radius 2 is 1.52 bits per heavy atom. The van der Waals surface area contributed by atoms with Gasteiger partial charge in [0.05, 0.1) is 22.5 Å². The van der Waals surface area contributed by atoms with E-state index in [1.54, 1.807) is 6.07 Å². The number of hydrazone groups is 1. The van der Waals surface area contributed by atoms with Crippen LogP contribution in [0.1, 0.15) is 11.1 Å². The largest absolute Gasteiger partial charge is 0.416 e. The average Bonchev–Trinajstić information content (AvgIpc) is 2.61. The fourth-order valence-electron chi connectivity index (χ4n) is 1.77. The molecule has 0 saturated carbocycles. The van der Waals surface area contributed by atoms with Crippen molar-refractivity contribution in [2.45, 2.75) is 12.4 Å². The fourth-order valence-corrected chi connectivity index (χ4v) is 1.77. The van der Waals surface area contributed by atoms with Crippen LogP contribution < -0.4 is 5.43 Å². The van der Waals surface area contributed by atoms with E-state index >= 15 is 0 Å². The lowest BCUT2D eigenvalue weighted by Crippen LogP contribution is -2.05. The molecule has 0 spiro atoms. The summed E-state index contributed by atoms with van der Waals surface area (Å²) in [6, 6.07) is 9.30. The highest BCUT2D eigenvalue weighted by Crippen LogP contribution is 2.31. The molecule has 2 aromatic carbocycles. The summed E-state index contributed by atoms with van der Waals surface area (Å²) in [4.78, 5) is 0. The van der Waals surface area contributed by atoms with Crippen LogP contribution in [0.3, 0.4) is 0 Å². The predicted octanol–water partition coefficient (Wildman–Crippen LogP) is 5.76. The van der Waals surface area contributed by atoms with Gasteiger partial charge in [-0.1, -0.05) is 6.07 Å². The van der Waals surface area contributed by atoms with Gasteiger partial charge in [-0.2, -0.15) is 31.6 Å². The molecule has 0 radical (unpaired) electrons. The van der Waals surface area contributed by atoms with Crippen LogP contribution in [0, 0.1) is 11.3 Å². The molecule has 0 atom stereocenters. The molecule has 11 heteroatoms. The van der Waals surface area contributed by atoms with Gasteiger partial charge in [0.25, 0.3) is 5.84 Å². The van der Waals surface area contributed by atoms with E-state index in [9.17, 15) is 26.3 Å². The first-order valence-electron chi connectivity index (χ1n) is 7.09. The average molecular weight is 385 g/mol. The zero-order valence-corrected chi connectivity index (χ0v) is 13.2. The highest BCUT2D eigenvalue weighted by molar-refractivity contribution is 5.97. The van der Waals surface area contributed by atoms with Gasteiger partial charge in [0, 0.05) is 0 Å². The van der Waals surface area contributed by atoms with Crippen molar-refractivity contribution in [2.75, 3.05) is 5.43 Å². The van der Waals surface area contributed by atoms with Gasteiger partial charge in [-0.25, -0.2) is 0 Å². The molecule has 2 aromatic rings. The Balaban J connectivity index is 2.11. The SMILES string of the molecule is N#CC(N=Nc1ccc(C(F)(F)F)cc1)=NNc1cccc(C(F)(F)F)c1. The highest BCUT2D eigenvalue weighted by Gasteiger charge is 2.30. The van der Waals surface area contributed by atoms with Gasteiger partial charge in [0.15, 0.2) is 0 Å². The van der Waals surface area contributed by atoms with E-state index in [0.717, 1.165) is 42.5 Å². The summed E-state index contributed by atoms with van der Waals surface area (Å²) >= 11 is 0. The quantitative estimate of drug-likeness (QED) is 0.240. The van der Waals surface area contributed by atoms with E-state index in [2.05, 4.69) is 20.8 Å². The van der Waals surface area contributed by atoms with Gasteiger partial charge < -0.3 is 0 Å². The van der Waals surface area contributed by atoms with Crippen LogP contribution in [0.15, 0.2) is 63.9 Å². The Morgan fingerprint density at radius 1 is 0.889 bits per heavy atom. The number of rotatable bonds is 3. The van der Waals surface area contributed by atoms with Crippen LogP contribution in [0.2, 0.25) is 0 Å². The molecule has 0 fully saturated rings. The summed E-state index contributed by atoms with van der Waals surface area (Å²) < 4.78 is 75.2. The maximum atomic E-state index is 12.6. The second-order valence-corrected chi connectivity index (χ2v) is 4.98. The van der Waals surface area contributed by atoms with Gasteiger partial charge >= 0.3 is 12.4 Å². The molecule has 0 heterocycles. The lowest BCUT2D eigenvalue weighted by Gasteiger charge is -2.07. The van der Waals surface area contributed by atoms with Crippen LogP contribution in [0.5, 0.6) is 0 Å². The second kappa shape index (κ2) is 7.86. The maximum absolute atomic E-state index is 12.6. The molecule has 0 amide bonds. The lowest BCUT2D eigenvalue weighted by atomic mass is 10.2. The van der Waals surface area contributed by atoms with E-state index in [1.807, 2.05) is 0 Å². The summed E-state index contributed by atoms with van der Waals surface area (Å²) in [5.41, 5.74) is 0.446. The summed E-state index contributed by atoms with van der Waals surface area (Å²) in [5.74, 6) is -0.535. The number of halogens is 6. The topological polar surface area (TPSA) is 72.9 Å². The summed E-state index contributed by atoms with van der Waals surface area (Å²) in [5, 5.41) is 19.4. The number of alkyl halides is 6. The monoisotopic (exact) mass is 385 g/mol. The number of amidine groups is 1. The standard InChI is InChI=1S/C16H9F6N5/c17-15(18,19)10-4-6-12(7-5-10)24-26-14(9-23)27-25-13-3-1-2-11(8-13)16(20,21)22/h1-8,25H. The summed E-state index contributed by atoms with van der Waals surface area (Å²) in [6.07, 6.45) is -9.04. The van der Waals surface area contributed by atoms with Crippen LogP contribution >= 0.6 is 0 Å². The number of benzene rings is 2. The van der Waals surface area contributed by atoms with Gasteiger partial charge in [0.1, 0.15) is 6.07 Å². The second-order valence-electron chi connectivity index (χ2n) is 4.98. The number of anilines is 1. The van der Waals surface area contributed by atoms with E-state index in [1.165, 1.54) is 6.07 Å². The number of nitriles is 1. The minimum Gasteiger partial charge on any atom is -0.276 e. The minimum absolute atomic E-state index is 0.0324. The molecule has 1 N–H and O–H groups in total. The van der Waals surface area contributed by atoms with Gasteiger partial charge in [-0.05, 0) is 42.5 Å². The number of hydrogen-bond acceptors (Lipinski definition) is 4. The first-order valence-corrected chi connectivity index (χ1v) is 7.09. The van der Waals surface area contributed by atoms with Gasteiger partial charge in [-0.3, -0.25) is 5.43 Å². The zero-order chi connectivity index (χ0) is 20.1. The third-order valence-electron chi connectivity index (χ3n) is 3.04. The van der Waals surface area contributed by atoms with Crippen LogP contribution in [0.4, 0.5) is 37.7 Å². The third kappa shape index (κ3) is 5.81. The fraction of sp³-hybridized carbons (Fsp3) is 0.125. The first-order chi connectivity index (χ1) is 12.6. The Morgan fingerprint density at radius 3 is 2.07 bits per heavy atom. The molecule has 140 valence electrons. The van der Waals surface area contributed by atoms with E-state index in [4.69, 9.17) is 5.26 Å². The molecule has 27 heavy (non-hydrogen) atoms. The Kier molecular flexibility index (Phi) is 5.79. The lowest BCUT2D eigenvalue weighted by molar-refractivity contribution is -0.138. The molecule has 0 aromatic heterocycles.